The van der Waals surface area contributed by atoms with E-state index in [9.17, 15) is 16.8 Å². The Kier molecular flexibility index (Phi) is 5.04. The summed E-state index contributed by atoms with van der Waals surface area (Å²) in [4.78, 5) is 0.120. The van der Waals surface area contributed by atoms with E-state index in [0.717, 1.165) is 0 Å². The van der Waals surface area contributed by atoms with Crippen molar-refractivity contribution < 1.29 is 21.0 Å². The summed E-state index contributed by atoms with van der Waals surface area (Å²) < 4.78 is 54.5. The summed E-state index contributed by atoms with van der Waals surface area (Å²) in [5, 5.41) is 0.429. The summed E-state index contributed by atoms with van der Waals surface area (Å²) in [7, 11) is -7.71. The molecule has 0 saturated carbocycles. The number of hydrogen-bond acceptors (Lipinski definition) is 5. The molecule has 0 fully saturated rings. The van der Waals surface area contributed by atoms with E-state index in [1.807, 2.05) is 0 Å². The lowest BCUT2D eigenvalue weighted by Crippen LogP contribution is -2.09. The summed E-state index contributed by atoms with van der Waals surface area (Å²) in [5.74, 6) is 0.0175. The van der Waals surface area contributed by atoms with E-state index >= 15 is 0 Å². The Labute approximate surface area is 156 Å². The van der Waals surface area contributed by atoms with E-state index in [2.05, 4.69) is 0 Å². The monoisotopic (exact) mass is 408 g/mol. The molecule has 5 nitrogen and oxygen atoms in total. The molecule has 3 rings (SSSR count). The van der Waals surface area contributed by atoms with Gasteiger partial charge in [0.25, 0.3) is 0 Å². The molecule has 3 aromatic carbocycles. The van der Waals surface area contributed by atoms with Crippen molar-refractivity contribution in [3.63, 3.8) is 0 Å². The van der Waals surface area contributed by atoms with Gasteiger partial charge in [-0.05, 0) is 60.7 Å². The Balaban J connectivity index is 1.86. The molecule has 0 aliphatic carbocycles. The van der Waals surface area contributed by atoms with Gasteiger partial charge in [0.1, 0.15) is 10.6 Å². The molecule has 0 aliphatic heterocycles. The molecule has 134 valence electrons. The fourth-order valence-electron chi connectivity index (χ4n) is 2.19. The maximum atomic E-state index is 12.6. The van der Waals surface area contributed by atoms with Crippen molar-refractivity contribution in [1.82, 2.24) is 0 Å². The molecular formula is C18H13ClO5S2. The summed E-state index contributed by atoms with van der Waals surface area (Å²) in [6.07, 6.45) is 0. The first kappa shape index (κ1) is 18.4. The number of halogens is 1. The normalized spacial score (nSPS) is 11.9. The van der Waals surface area contributed by atoms with E-state index in [1.165, 1.54) is 60.7 Å². The summed E-state index contributed by atoms with van der Waals surface area (Å²) in [6, 6.07) is 18.6. The zero-order valence-electron chi connectivity index (χ0n) is 13.2. The van der Waals surface area contributed by atoms with Crippen LogP contribution in [0, 0.1) is 0 Å². The van der Waals surface area contributed by atoms with Crippen molar-refractivity contribution in [2.45, 2.75) is 14.7 Å². The van der Waals surface area contributed by atoms with Crippen LogP contribution in [-0.2, 0) is 20.0 Å². The number of benzene rings is 3. The highest BCUT2D eigenvalue weighted by Crippen LogP contribution is 2.25. The van der Waals surface area contributed by atoms with Gasteiger partial charge in [-0.3, -0.25) is 0 Å². The van der Waals surface area contributed by atoms with Gasteiger partial charge in [0.05, 0.1) is 9.79 Å². The van der Waals surface area contributed by atoms with Gasteiger partial charge in [-0.1, -0.05) is 29.8 Å². The third kappa shape index (κ3) is 3.90. The maximum Gasteiger partial charge on any atom is 0.339 e. The van der Waals surface area contributed by atoms with E-state index in [1.54, 1.807) is 18.2 Å². The van der Waals surface area contributed by atoms with Crippen molar-refractivity contribution in [2.75, 3.05) is 0 Å². The van der Waals surface area contributed by atoms with Gasteiger partial charge in [0.2, 0.25) is 9.84 Å². The second kappa shape index (κ2) is 7.11. The molecule has 0 saturated heterocycles. The Bertz CT molecular complexity index is 1110. The maximum absolute atomic E-state index is 12.6. The third-order valence-electron chi connectivity index (χ3n) is 3.50. The summed E-state index contributed by atoms with van der Waals surface area (Å²) >= 11 is 5.77. The van der Waals surface area contributed by atoms with Crippen LogP contribution in [0.3, 0.4) is 0 Å². The fourth-order valence-corrected chi connectivity index (χ4v) is 4.52. The molecule has 0 atom stereocenters. The minimum absolute atomic E-state index is 0.0119. The molecule has 0 spiro atoms. The smallest absolute Gasteiger partial charge is 0.339 e. The topological polar surface area (TPSA) is 77.5 Å². The van der Waals surface area contributed by atoms with Crippen molar-refractivity contribution in [2.24, 2.45) is 0 Å². The first-order valence-electron chi connectivity index (χ1n) is 7.39. The first-order chi connectivity index (χ1) is 12.3. The van der Waals surface area contributed by atoms with Gasteiger partial charge in [0.15, 0.2) is 0 Å². The van der Waals surface area contributed by atoms with Gasteiger partial charge >= 0.3 is 10.1 Å². The molecular weight excluding hydrogens is 396 g/mol. The lowest BCUT2D eigenvalue weighted by molar-refractivity contribution is 0.486. The van der Waals surface area contributed by atoms with Crippen molar-refractivity contribution in [1.29, 1.82) is 0 Å². The predicted molar refractivity (Wildman–Crippen MR) is 97.6 cm³/mol. The first-order valence-corrected chi connectivity index (χ1v) is 10.7. The molecule has 3 aromatic rings. The van der Waals surface area contributed by atoms with Crippen LogP contribution >= 0.6 is 11.6 Å². The molecule has 0 bridgehead atoms. The van der Waals surface area contributed by atoms with Crippen LogP contribution in [-0.4, -0.2) is 16.8 Å². The minimum Gasteiger partial charge on any atom is -0.379 e. The van der Waals surface area contributed by atoms with E-state index in [4.69, 9.17) is 15.8 Å². The molecule has 0 amide bonds. The SMILES string of the molecule is O=S(=O)(Oc1ccc(S(=O)(=O)c2ccc(Cl)cc2)cc1)c1ccccc1. The average Bonchev–Trinajstić information content (AvgIpc) is 2.63. The zero-order chi connectivity index (χ0) is 18.8. The Morgan fingerprint density at radius 1 is 0.615 bits per heavy atom. The number of sulfone groups is 1. The predicted octanol–water partition coefficient (Wildman–Crippen LogP) is 3.94. The van der Waals surface area contributed by atoms with Crippen molar-refractivity contribution >= 4 is 31.6 Å². The molecule has 8 heteroatoms. The summed E-state index contributed by atoms with van der Waals surface area (Å²) in [6.45, 7) is 0. The molecule has 0 aliphatic rings. The Morgan fingerprint density at radius 2 is 1.12 bits per heavy atom. The van der Waals surface area contributed by atoms with Crippen molar-refractivity contribution in [3.8, 4) is 5.75 Å². The van der Waals surface area contributed by atoms with Gasteiger partial charge in [0, 0.05) is 5.02 Å². The van der Waals surface area contributed by atoms with Crippen LogP contribution in [0.15, 0.2) is 93.5 Å². The highest BCUT2D eigenvalue weighted by atomic mass is 35.5. The minimum atomic E-state index is -3.98. The van der Waals surface area contributed by atoms with Crippen molar-refractivity contribution in [3.05, 3.63) is 83.9 Å². The second-order valence-electron chi connectivity index (χ2n) is 5.28. The fraction of sp³-hybridized carbons (Fsp3) is 0. The van der Waals surface area contributed by atoms with Crippen LogP contribution < -0.4 is 4.18 Å². The molecule has 0 aromatic heterocycles. The summed E-state index contributed by atoms with van der Waals surface area (Å²) in [5.41, 5.74) is 0. The Hall–Kier alpha value is -2.35. The van der Waals surface area contributed by atoms with Gasteiger partial charge < -0.3 is 4.18 Å². The van der Waals surface area contributed by atoms with E-state index in [-0.39, 0.29) is 20.4 Å². The van der Waals surface area contributed by atoms with Crippen LogP contribution in [0.4, 0.5) is 0 Å². The number of rotatable bonds is 5. The number of hydrogen-bond donors (Lipinski definition) is 0. The van der Waals surface area contributed by atoms with Gasteiger partial charge in [-0.2, -0.15) is 8.42 Å². The van der Waals surface area contributed by atoms with Crippen LogP contribution in [0.5, 0.6) is 5.75 Å². The highest BCUT2D eigenvalue weighted by molar-refractivity contribution is 7.91. The largest absolute Gasteiger partial charge is 0.379 e. The Morgan fingerprint density at radius 3 is 1.65 bits per heavy atom. The molecule has 0 unspecified atom stereocenters. The molecule has 0 N–H and O–H groups in total. The van der Waals surface area contributed by atoms with E-state index < -0.39 is 20.0 Å². The highest BCUT2D eigenvalue weighted by Gasteiger charge is 2.19. The second-order valence-corrected chi connectivity index (χ2v) is 9.21. The lowest BCUT2D eigenvalue weighted by Gasteiger charge is -2.08. The van der Waals surface area contributed by atoms with Gasteiger partial charge in [-0.25, -0.2) is 8.42 Å². The molecule has 0 heterocycles. The van der Waals surface area contributed by atoms with Crippen LogP contribution in [0.1, 0.15) is 0 Å². The average molecular weight is 409 g/mol. The quantitative estimate of drug-likeness (QED) is 0.597. The molecule has 26 heavy (non-hydrogen) atoms. The third-order valence-corrected chi connectivity index (χ3v) is 6.79. The van der Waals surface area contributed by atoms with Gasteiger partial charge in [-0.15, -0.1) is 0 Å². The lowest BCUT2D eigenvalue weighted by atomic mass is 10.3. The van der Waals surface area contributed by atoms with Crippen LogP contribution in [0.2, 0.25) is 5.02 Å². The van der Waals surface area contributed by atoms with Crippen LogP contribution in [0.25, 0.3) is 0 Å². The zero-order valence-corrected chi connectivity index (χ0v) is 15.6. The molecule has 0 radical (unpaired) electrons. The standard InChI is InChI=1S/C18H13ClO5S2/c19-14-6-10-16(11-7-14)25(20,21)17-12-8-15(9-13-17)24-26(22,23)18-4-2-1-3-5-18/h1-13H. The van der Waals surface area contributed by atoms with E-state index in [0.29, 0.717) is 5.02 Å².